The Morgan fingerprint density at radius 3 is 2.65 bits per heavy atom. The van der Waals surface area contributed by atoms with Crippen molar-refractivity contribution in [2.24, 2.45) is 0 Å². The molecule has 2 heterocycles. The average molecular weight is 523 g/mol. The van der Waals surface area contributed by atoms with Crippen molar-refractivity contribution >= 4 is 44.7 Å². The van der Waals surface area contributed by atoms with Crippen molar-refractivity contribution in [1.82, 2.24) is 9.03 Å². The second kappa shape index (κ2) is 9.40. The molecule has 0 aliphatic carbocycles. The number of nitriles is 1. The first kappa shape index (κ1) is 24.3. The lowest BCUT2D eigenvalue weighted by atomic mass is 10.1. The van der Waals surface area contributed by atoms with Crippen molar-refractivity contribution in [3.8, 4) is 16.5 Å². The van der Waals surface area contributed by atoms with E-state index in [1.54, 1.807) is 24.3 Å². The Labute approximate surface area is 203 Å². The van der Waals surface area contributed by atoms with Crippen LogP contribution in [0.2, 0.25) is 5.02 Å². The molecule has 2 atom stereocenters. The number of nitrogens with zero attached hydrogens (tertiary/aromatic N) is 2. The number of nitrogens with one attached hydrogen (secondary N) is 2. The zero-order valence-corrected chi connectivity index (χ0v) is 19.9. The number of halogens is 3. The minimum atomic E-state index is -3.98. The third-order valence-electron chi connectivity index (χ3n) is 5.40. The van der Waals surface area contributed by atoms with Crippen LogP contribution >= 0.6 is 22.9 Å². The molecule has 2 aromatic carbocycles. The zero-order valence-electron chi connectivity index (χ0n) is 17.6. The maximum Gasteiger partial charge on any atom is 0.280 e. The molecule has 3 aromatic rings. The van der Waals surface area contributed by atoms with Crippen LogP contribution in [-0.2, 0) is 15.0 Å². The first-order chi connectivity index (χ1) is 16.1. The van der Waals surface area contributed by atoms with Crippen LogP contribution in [0.15, 0.2) is 48.5 Å². The van der Waals surface area contributed by atoms with Gasteiger partial charge in [-0.3, -0.25) is 4.79 Å². The van der Waals surface area contributed by atoms with Crippen LogP contribution in [0.3, 0.4) is 0 Å². The van der Waals surface area contributed by atoms with Crippen molar-refractivity contribution in [3.05, 3.63) is 75.6 Å². The molecule has 1 aliphatic rings. The summed E-state index contributed by atoms with van der Waals surface area (Å²) in [6, 6.07) is 11.4. The molecule has 1 amide bonds. The van der Waals surface area contributed by atoms with Crippen molar-refractivity contribution in [2.75, 3.05) is 12.4 Å². The Kier molecular flexibility index (Phi) is 6.71. The molecule has 7 nitrogen and oxygen atoms in total. The van der Waals surface area contributed by atoms with E-state index in [9.17, 15) is 22.0 Å². The highest BCUT2D eigenvalue weighted by atomic mass is 35.5. The van der Waals surface area contributed by atoms with Gasteiger partial charge in [-0.15, -0.1) is 11.3 Å². The molecule has 1 saturated heterocycles. The van der Waals surface area contributed by atoms with Crippen LogP contribution in [0.4, 0.5) is 14.5 Å². The SMILES string of the molecule is CN1[C@@H](C(=O)Nc2ccc(F)c(Cl)c2)C[C@@H](c2ccc(-c3ccc(C#N)c(F)c3)s2)NS1(=O)=O. The quantitative estimate of drug-likeness (QED) is 0.529. The van der Waals surface area contributed by atoms with E-state index in [0.29, 0.717) is 15.3 Å². The molecular weight excluding hydrogens is 506 g/mol. The number of thiophene rings is 1. The molecule has 0 bridgehead atoms. The Morgan fingerprint density at radius 1 is 1.21 bits per heavy atom. The fraction of sp³-hybridized carbons (Fsp3) is 0.182. The molecule has 2 N–H and O–H groups in total. The average Bonchev–Trinajstić information content (AvgIpc) is 3.28. The van der Waals surface area contributed by atoms with Crippen LogP contribution in [0, 0.1) is 23.0 Å². The number of hydrogen-bond acceptors (Lipinski definition) is 5. The third-order valence-corrected chi connectivity index (χ3v) is 8.54. The molecule has 0 radical (unpaired) electrons. The number of carbonyl (C=O) groups is 1. The summed E-state index contributed by atoms with van der Waals surface area (Å²) < 4.78 is 56.3. The molecule has 176 valence electrons. The van der Waals surface area contributed by atoms with Gasteiger partial charge in [0.25, 0.3) is 10.2 Å². The number of rotatable bonds is 4. The molecule has 0 unspecified atom stereocenters. The van der Waals surface area contributed by atoms with Gasteiger partial charge in [0, 0.05) is 22.5 Å². The van der Waals surface area contributed by atoms with Crippen LogP contribution in [0.25, 0.3) is 10.4 Å². The lowest BCUT2D eigenvalue weighted by Gasteiger charge is -2.35. The minimum Gasteiger partial charge on any atom is -0.325 e. The second-order valence-corrected chi connectivity index (χ2v) is 10.9. The monoisotopic (exact) mass is 522 g/mol. The molecule has 1 aliphatic heterocycles. The molecule has 1 aromatic heterocycles. The second-order valence-electron chi connectivity index (χ2n) is 7.57. The summed E-state index contributed by atoms with van der Waals surface area (Å²) in [7, 11) is -2.69. The van der Waals surface area contributed by atoms with Gasteiger partial charge in [-0.1, -0.05) is 17.7 Å². The summed E-state index contributed by atoms with van der Waals surface area (Å²) in [6.45, 7) is 0. The third kappa shape index (κ3) is 4.82. The van der Waals surface area contributed by atoms with Gasteiger partial charge in [0.1, 0.15) is 23.7 Å². The highest BCUT2D eigenvalue weighted by molar-refractivity contribution is 7.87. The lowest BCUT2D eigenvalue weighted by Crippen LogP contribution is -2.55. The topological polar surface area (TPSA) is 102 Å². The standard InChI is InChI=1S/C22H17ClF2N4O3S2/c1-29-19(22(30)27-14-4-5-16(24)15(23)9-14)10-18(28-34(29,31)32)21-7-6-20(33-21)12-2-3-13(11-26)17(25)8-12/h2-9,18-19,28H,10H2,1H3,(H,27,30)/t18-,19+/m0/s1. The molecule has 0 spiro atoms. The van der Waals surface area contributed by atoms with Gasteiger partial charge < -0.3 is 5.32 Å². The highest BCUT2D eigenvalue weighted by Crippen LogP contribution is 2.36. The fourth-order valence-electron chi connectivity index (χ4n) is 3.55. The fourth-order valence-corrected chi connectivity index (χ4v) is 6.14. The maximum atomic E-state index is 14.0. The Morgan fingerprint density at radius 2 is 1.97 bits per heavy atom. The van der Waals surface area contributed by atoms with Crippen molar-refractivity contribution in [3.63, 3.8) is 0 Å². The first-order valence-corrected chi connectivity index (χ1v) is 12.5. The van der Waals surface area contributed by atoms with E-state index < -0.39 is 39.8 Å². The summed E-state index contributed by atoms with van der Waals surface area (Å²) in [5.74, 6) is -1.88. The summed E-state index contributed by atoms with van der Waals surface area (Å²) in [5, 5.41) is 11.3. The van der Waals surface area contributed by atoms with Gasteiger partial charge >= 0.3 is 0 Å². The van der Waals surface area contributed by atoms with Gasteiger partial charge in [0.15, 0.2) is 0 Å². The number of likely N-dealkylation sites (N-methyl/N-ethyl adjacent to an activating group) is 1. The van der Waals surface area contributed by atoms with Crippen LogP contribution in [-0.4, -0.2) is 31.7 Å². The van der Waals surface area contributed by atoms with Gasteiger partial charge in [-0.25, -0.2) is 8.78 Å². The van der Waals surface area contributed by atoms with Crippen LogP contribution in [0.5, 0.6) is 0 Å². The van der Waals surface area contributed by atoms with E-state index in [4.69, 9.17) is 16.9 Å². The van der Waals surface area contributed by atoms with Crippen molar-refractivity contribution in [2.45, 2.75) is 18.5 Å². The predicted molar refractivity (Wildman–Crippen MR) is 125 cm³/mol. The molecule has 12 heteroatoms. The largest absolute Gasteiger partial charge is 0.325 e. The lowest BCUT2D eigenvalue weighted by molar-refractivity contribution is -0.120. The van der Waals surface area contributed by atoms with E-state index in [0.717, 1.165) is 10.4 Å². The van der Waals surface area contributed by atoms with E-state index in [2.05, 4.69) is 10.0 Å². The molecule has 34 heavy (non-hydrogen) atoms. The molecular formula is C22H17ClF2N4O3S2. The number of carbonyl (C=O) groups excluding carboxylic acids is 1. The number of benzene rings is 2. The van der Waals surface area contributed by atoms with Crippen LogP contribution < -0.4 is 10.0 Å². The number of hydrogen-bond donors (Lipinski definition) is 2. The normalized spacial score (nSPS) is 20.0. The molecule has 0 saturated carbocycles. The summed E-state index contributed by atoms with van der Waals surface area (Å²) in [5.41, 5.74) is 0.712. The highest BCUT2D eigenvalue weighted by Gasteiger charge is 2.41. The smallest absolute Gasteiger partial charge is 0.280 e. The van der Waals surface area contributed by atoms with Crippen molar-refractivity contribution in [1.29, 1.82) is 5.26 Å². The number of amides is 1. The molecule has 1 fully saturated rings. The molecule has 4 rings (SSSR count). The van der Waals surface area contributed by atoms with Gasteiger partial charge in [0.2, 0.25) is 5.91 Å². The Balaban J connectivity index is 1.58. The van der Waals surface area contributed by atoms with E-state index in [1.165, 1.54) is 42.6 Å². The maximum absolute atomic E-state index is 14.0. The summed E-state index contributed by atoms with van der Waals surface area (Å²) >= 11 is 7.01. The van der Waals surface area contributed by atoms with Crippen LogP contribution in [0.1, 0.15) is 22.9 Å². The number of anilines is 1. The van der Waals surface area contributed by atoms with Gasteiger partial charge in [0.05, 0.1) is 16.6 Å². The van der Waals surface area contributed by atoms with Gasteiger partial charge in [-0.05, 0) is 54.4 Å². The first-order valence-electron chi connectivity index (χ1n) is 9.90. The van der Waals surface area contributed by atoms with Crippen molar-refractivity contribution < 1.29 is 22.0 Å². The summed E-state index contributed by atoms with van der Waals surface area (Å²) in [4.78, 5) is 14.2. The zero-order chi connectivity index (χ0) is 24.6. The Bertz CT molecular complexity index is 1420. The van der Waals surface area contributed by atoms with E-state index in [-0.39, 0.29) is 22.7 Å². The minimum absolute atomic E-state index is 0.0695. The van der Waals surface area contributed by atoms with E-state index >= 15 is 0 Å². The summed E-state index contributed by atoms with van der Waals surface area (Å²) in [6.07, 6.45) is 0.123. The van der Waals surface area contributed by atoms with E-state index in [1.807, 2.05) is 0 Å². The predicted octanol–water partition coefficient (Wildman–Crippen LogP) is 4.44. The van der Waals surface area contributed by atoms with Gasteiger partial charge in [-0.2, -0.15) is 22.7 Å². The Hall–Kier alpha value is -2.88.